The van der Waals surface area contributed by atoms with Gasteiger partial charge in [-0.15, -0.1) is 11.3 Å². The van der Waals surface area contributed by atoms with E-state index in [-0.39, 0.29) is 0 Å². The second-order valence-electron chi connectivity index (χ2n) is 4.22. The minimum Gasteiger partial charge on any atom is -0.309 e. The van der Waals surface area contributed by atoms with Crippen molar-refractivity contribution in [3.05, 3.63) is 21.3 Å². The summed E-state index contributed by atoms with van der Waals surface area (Å²) in [5.41, 5.74) is 0. The Morgan fingerprint density at radius 3 is 2.71 bits per heavy atom. The molecule has 0 bridgehead atoms. The van der Waals surface area contributed by atoms with Gasteiger partial charge in [0.1, 0.15) is 0 Å². The Morgan fingerprint density at radius 2 is 2.06 bits per heavy atom. The molecule has 0 fully saturated rings. The molecule has 0 spiro atoms. The predicted molar refractivity (Wildman–Crippen MR) is 82.6 cm³/mol. The van der Waals surface area contributed by atoms with Crippen LogP contribution in [0.15, 0.2) is 12.1 Å². The van der Waals surface area contributed by atoms with Gasteiger partial charge in [0.25, 0.3) is 0 Å². The maximum Gasteiger partial charge on any atom is 0.0931 e. The van der Waals surface area contributed by atoms with Gasteiger partial charge in [0, 0.05) is 10.9 Å². The van der Waals surface area contributed by atoms with E-state index in [1.165, 1.54) is 36.3 Å². The number of halogens is 1. The van der Waals surface area contributed by atoms with Gasteiger partial charge in [-0.25, -0.2) is 0 Å². The van der Waals surface area contributed by atoms with Crippen LogP contribution < -0.4 is 5.32 Å². The van der Waals surface area contributed by atoms with Crippen molar-refractivity contribution in [3.63, 3.8) is 0 Å². The molecule has 1 heterocycles. The zero-order valence-corrected chi connectivity index (χ0v) is 13.1. The van der Waals surface area contributed by atoms with Crippen LogP contribution in [0, 0.1) is 0 Å². The normalized spacial score (nSPS) is 12.9. The molecule has 0 aliphatic heterocycles. The molecule has 1 unspecified atom stereocenters. The lowest BCUT2D eigenvalue weighted by Gasteiger charge is -2.11. The number of hydrogen-bond acceptors (Lipinski definition) is 3. The summed E-state index contributed by atoms with van der Waals surface area (Å²) in [7, 11) is 0. The maximum atomic E-state index is 5.93. The van der Waals surface area contributed by atoms with E-state index in [0.29, 0.717) is 6.04 Å². The Kier molecular flexibility index (Phi) is 8.36. The van der Waals surface area contributed by atoms with E-state index >= 15 is 0 Å². The second kappa shape index (κ2) is 9.26. The van der Waals surface area contributed by atoms with Crippen LogP contribution in [0.2, 0.25) is 4.34 Å². The molecule has 4 heteroatoms. The van der Waals surface area contributed by atoms with E-state index in [0.717, 1.165) is 10.9 Å². The van der Waals surface area contributed by atoms with Gasteiger partial charge >= 0.3 is 0 Å². The summed E-state index contributed by atoms with van der Waals surface area (Å²) in [6.07, 6.45) is 7.51. The predicted octanol–water partition coefficient (Wildman–Crippen LogP) is 4.98. The van der Waals surface area contributed by atoms with E-state index in [1.54, 1.807) is 11.3 Å². The van der Waals surface area contributed by atoms with Crippen molar-refractivity contribution in [2.24, 2.45) is 0 Å². The summed E-state index contributed by atoms with van der Waals surface area (Å²) < 4.78 is 0.880. The zero-order valence-electron chi connectivity index (χ0n) is 10.7. The fourth-order valence-corrected chi connectivity index (χ4v) is 3.29. The van der Waals surface area contributed by atoms with Gasteiger partial charge in [0.15, 0.2) is 0 Å². The van der Waals surface area contributed by atoms with Crippen LogP contribution in [0.3, 0.4) is 0 Å². The average molecular weight is 292 g/mol. The van der Waals surface area contributed by atoms with Gasteiger partial charge in [-0.2, -0.15) is 11.8 Å². The highest BCUT2D eigenvalue weighted by atomic mass is 35.5. The van der Waals surface area contributed by atoms with Crippen LogP contribution >= 0.6 is 34.7 Å². The Hall–Kier alpha value is 0.300. The lowest BCUT2D eigenvalue weighted by Crippen LogP contribution is -2.18. The molecule has 0 saturated heterocycles. The Morgan fingerprint density at radius 1 is 1.29 bits per heavy atom. The van der Waals surface area contributed by atoms with E-state index in [2.05, 4.69) is 24.6 Å². The summed E-state index contributed by atoms with van der Waals surface area (Å²) in [6, 6.07) is 4.52. The summed E-state index contributed by atoms with van der Waals surface area (Å²) in [4.78, 5) is 1.33. The van der Waals surface area contributed by atoms with Gasteiger partial charge in [-0.05, 0) is 50.5 Å². The Labute approximate surface area is 118 Å². The SMILES string of the molecule is CSCCCCCCNC(C)c1ccc(Cl)s1. The van der Waals surface area contributed by atoms with Crippen LogP contribution in [-0.2, 0) is 0 Å². The molecule has 0 radical (unpaired) electrons. The van der Waals surface area contributed by atoms with Crippen molar-refractivity contribution in [2.75, 3.05) is 18.6 Å². The lowest BCUT2D eigenvalue weighted by atomic mass is 10.2. The van der Waals surface area contributed by atoms with E-state index in [4.69, 9.17) is 11.6 Å². The third-order valence-corrected chi connectivity index (χ3v) is 4.86. The summed E-state index contributed by atoms with van der Waals surface area (Å²) in [5.74, 6) is 1.30. The van der Waals surface area contributed by atoms with Crippen LogP contribution in [0.5, 0.6) is 0 Å². The largest absolute Gasteiger partial charge is 0.309 e. The average Bonchev–Trinajstić information content (AvgIpc) is 2.74. The molecule has 0 aliphatic carbocycles. The highest BCUT2D eigenvalue weighted by molar-refractivity contribution is 7.98. The smallest absolute Gasteiger partial charge is 0.0931 e. The van der Waals surface area contributed by atoms with E-state index in [9.17, 15) is 0 Å². The number of unbranched alkanes of at least 4 members (excludes halogenated alkanes) is 3. The Balaban J connectivity index is 2.03. The fourth-order valence-electron chi connectivity index (χ4n) is 1.71. The fraction of sp³-hybridized carbons (Fsp3) is 0.692. The molecular weight excluding hydrogens is 270 g/mol. The molecule has 0 aromatic carbocycles. The van der Waals surface area contributed by atoms with Crippen LogP contribution in [0.1, 0.15) is 43.5 Å². The quantitative estimate of drug-likeness (QED) is 0.644. The van der Waals surface area contributed by atoms with Crippen molar-refractivity contribution >= 4 is 34.7 Å². The summed E-state index contributed by atoms with van der Waals surface area (Å²) >= 11 is 9.54. The first-order chi connectivity index (χ1) is 8.24. The highest BCUT2D eigenvalue weighted by Gasteiger charge is 2.06. The first-order valence-corrected chi connectivity index (χ1v) is 8.80. The van der Waals surface area contributed by atoms with Crippen LogP contribution in [-0.4, -0.2) is 18.6 Å². The minimum absolute atomic E-state index is 0.429. The molecule has 1 atom stereocenters. The Bertz CT molecular complexity index is 301. The molecule has 0 amide bonds. The molecule has 98 valence electrons. The molecule has 1 N–H and O–H groups in total. The van der Waals surface area contributed by atoms with Crippen molar-refractivity contribution < 1.29 is 0 Å². The van der Waals surface area contributed by atoms with E-state index in [1.807, 2.05) is 17.8 Å². The zero-order chi connectivity index (χ0) is 12.5. The van der Waals surface area contributed by atoms with Crippen molar-refractivity contribution in [2.45, 2.75) is 38.6 Å². The number of thiophene rings is 1. The minimum atomic E-state index is 0.429. The number of thioether (sulfide) groups is 1. The number of nitrogens with one attached hydrogen (secondary N) is 1. The molecule has 1 aromatic rings. The first-order valence-electron chi connectivity index (χ1n) is 6.21. The molecule has 0 saturated carbocycles. The van der Waals surface area contributed by atoms with Crippen LogP contribution in [0.4, 0.5) is 0 Å². The molecular formula is C13H22ClNS2. The van der Waals surface area contributed by atoms with Gasteiger partial charge in [-0.1, -0.05) is 24.4 Å². The molecule has 1 nitrogen and oxygen atoms in total. The third kappa shape index (κ3) is 6.70. The molecule has 1 rings (SSSR count). The standard InChI is InChI=1S/C13H22ClNS2/c1-11(12-7-8-13(14)17-12)15-9-5-3-4-6-10-16-2/h7-8,11,15H,3-6,9-10H2,1-2H3. The summed E-state index contributed by atoms with van der Waals surface area (Å²) in [5, 5.41) is 3.55. The monoisotopic (exact) mass is 291 g/mol. The van der Waals surface area contributed by atoms with Crippen molar-refractivity contribution in [3.8, 4) is 0 Å². The maximum absolute atomic E-state index is 5.93. The summed E-state index contributed by atoms with van der Waals surface area (Å²) in [6.45, 7) is 3.31. The third-order valence-electron chi connectivity index (χ3n) is 2.75. The molecule has 17 heavy (non-hydrogen) atoms. The molecule has 0 aliphatic rings. The van der Waals surface area contributed by atoms with Gasteiger partial charge < -0.3 is 5.32 Å². The van der Waals surface area contributed by atoms with Gasteiger partial charge in [0.05, 0.1) is 4.34 Å². The molecule has 1 aromatic heterocycles. The van der Waals surface area contributed by atoms with Gasteiger partial charge in [-0.3, -0.25) is 0 Å². The van der Waals surface area contributed by atoms with Crippen molar-refractivity contribution in [1.29, 1.82) is 0 Å². The first kappa shape index (κ1) is 15.4. The highest BCUT2D eigenvalue weighted by Crippen LogP contribution is 2.26. The van der Waals surface area contributed by atoms with Crippen molar-refractivity contribution in [1.82, 2.24) is 5.32 Å². The second-order valence-corrected chi connectivity index (χ2v) is 6.96. The number of hydrogen-bond donors (Lipinski definition) is 1. The topological polar surface area (TPSA) is 12.0 Å². The van der Waals surface area contributed by atoms with Crippen LogP contribution in [0.25, 0.3) is 0 Å². The number of rotatable bonds is 9. The van der Waals surface area contributed by atoms with Gasteiger partial charge in [0.2, 0.25) is 0 Å². The van der Waals surface area contributed by atoms with E-state index < -0.39 is 0 Å². The lowest BCUT2D eigenvalue weighted by molar-refractivity contribution is 0.542.